The minimum atomic E-state index is -0.496. The molecule has 6 heteroatoms. The number of nitrogens with one attached hydrogen (secondary N) is 1. The number of amides is 2. The first-order valence-corrected chi connectivity index (χ1v) is 6.54. The number of ether oxygens (including phenoxy) is 1. The molecule has 1 aromatic carbocycles. The Morgan fingerprint density at radius 2 is 2.10 bits per heavy atom. The molecular weight excluding hydrogens is 263 g/mol. The summed E-state index contributed by atoms with van der Waals surface area (Å²) in [5.41, 5.74) is 0. The van der Waals surface area contributed by atoms with Crippen molar-refractivity contribution < 1.29 is 18.7 Å². The summed E-state index contributed by atoms with van der Waals surface area (Å²) in [6, 6.07) is 5.93. The van der Waals surface area contributed by atoms with Crippen LogP contribution in [0.3, 0.4) is 0 Å². The zero-order valence-electron chi connectivity index (χ0n) is 11.3. The third-order valence-corrected chi connectivity index (χ3v) is 3.14. The molecule has 1 fully saturated rings. The van der Waals surface area contributed by atoms with Crippen molar-refractivity contribution in [2.45, 2.75) is 6.92 Å². The van der Waals surface area contributed by atoms with Gasteiger partial charge in [-0.05, 0) is 19.1 Å². The van der Waals surface area contributed by atoms with Gasteiger partial charge in [-0.1, -0.05) is 12.1 Å². The van der Waals surface area contributed by atoms with Gasteiger partial charge in [0.2, 0.25) is 5.91 Å². The Kier molecular flexibility index (Phi) is 4.55. The van der Waals surface area contributed by atoms with Crippen LogP contribution in [0.2, 0.25) is 0 Å². The Balaban J connectivity index is 1.75. The summed E-state index contributed by atoms with van der Waals surface area (Å²) in [6.45, 7) is 3.00. The highest BCUT2D eigenvalue weighted by Gasteiger charge is 2.35. The van der Waals surface area contributed by atoms with Crippen LogP contribution < -0.4 is 10.1 Å². The van der Waals surface area contributed by atoms with E-state index in [0.717, 1.165) is 0 Å². The summed E-state index contributed by atoms with van der Waals surface area (Å²) in [5.74, 6) is -0.863. The normalized spacial score (nSPS) is 14.6. The summed E-state index contributed by atoms with van der Waals surface area (Å²) in [5, 5.41) is 2.71. The maximum Gasteiger partial charge on any atom is 0.260 e. The van der Waals surface area contributed by atoms with Crippen LogP contribution in [0.1, 0.15) is 6.92 Å². The largest absolute Gasteiger partial charge is 0.481 e. The third kappa shape index (κ3) is 3.26. The molecule has 1 N–H and O–H groups in total. The van der Waals surface area contributed by atoms with Crippen LogP contribution in [0.4, 0.5) is 4.39 Å². The number of likely N-dealkylation sites (tertiary alicyclic amines) is 1. The topological polar surface area (TPSA) is 58.6 Å². The smallest absolute Gasteiger partial charge is 0.260 e. The van der Waals surface area contributed by atoms with E-state index in [2.05, 4.69) is 5.32 Å². The fraction of sp³-hybridized carbons (Fsp3) is 0.429. The Hall–Kier alpha value is -2.11. The molecule has 2 amide bonds. The van der Waals surface area contributed by atoms with Crippen LogP contribution in [0.15, 0.2) is 24.3 Å². The van der Waals surface area contributed by atoms with E-state index in [1.807, 2.05) is 6.92 Å². The molecule has 108 valence electrons. The molecule has 0 unspecified atom stereocenters. The summed E-state index contributed by atoms with van der Waals surface area (Å²) in [7, 11) is 0. The van der Waals surface area contributed by atoms with Gasteiger partial charge in [-0.2, -0.15) is 0 Å². The van der Waals surface area contributed by atoms with Crippen LogP contribution in [-0.2, 0) is 9.59 Å². The van der Waals surface area contributed by atoms with Crippen LogP contribution in [0.5, 0.6) is 5.75 Å². The second kappa shape index (κ2) is 6.36. The minimum Gasteiger partial charge on any atom is -0.481 e. The van der Waals surface area contributed by atoms with E-state index in [1.165, 1.54) is 17.0 Å². The lowest BCUT2D eigenvalue weighted by molar-refractivity contribution is -0.144. The first kappa shape index (κ1) is 14.3. The number of halogens is 1. The summed E-state index contributed by atoms with van der Waals surface area (Å²) in [6.07, 6.45) is 0. The second-order valence-corrected chi connectivity index (χ2v) is 4.61. The molecule has 20 heavy (non-hydrogen) atoms. The summed E-state index contributed by atoms with van der Waals surface area (Å²) < 4.78 is 18.4. The van der Waals surface area contributed by atoms with Crippen molar-refractivity contribution in [1.29, 1.82) is 0 Å². The van der Waals surface area contributed by atoms with Crippen LogP contribution >= 0.6 is 0 Å². The SMILES string of the molecule is CCNC(=O)C1CN(C(=O)COc2ccccc2F)C1. The zero-order chi connectivity index (χ0) is 14.5. The van der Waals surface area contributed by atoms with Gasteiger partial charge in [-0.15, -0.1) is 0 Å². The molecule has 0 atom stereocenters. The summed E-state index contributed by atoms with van der Waals surface area (Å²) >= 11 is 0. The molecule has 2 rings (SSSR count). The van der Waals surface area contributed by atoms with Crippen molar-refractivity contribution in [1.82, 2.24) is 10.2 Å². The first-order valence-electron chi connectivity index (χ1n) is 6.54. The Morgan fingerprint density at radius 3 is 2.75 bits per heavy atom. The number of carbonyl (C=O) groups is 2. The van der Waals surface area contributed by atoms with Crippen molar-refractivity contribution in [3.05, 3.63) is 30.1 Å². The molecule has 1 heterocycles. The highest BCUT2D eigenvalue weighted by molar-refractivity contribution is 5.85. The molecule has 0 spiro atoms. The van der Waals surface area contributed by atoms with Gasteiger partial charge in [0.25, 0.3) is 5.91 Å². The van der Waals surface area contributed by atoms with Gasteiger partial charge in [0.05, 0.1) is 5.92 Å². The van der Waals surface area contributed by atoms with E-state index in [9.17, 15) is 14.0 Å². The summed E-state index contributed by atoms with van der Waals surface area (Å²) in [4.78, 5) is 24.8. The fourth-order valence-corrected chi connectivity index (χ4v) is 1.96. The van der Waals surface area contributed by atoms with Crippen molar-refractivity contribution in [3.63, 3.8) is 0 Å². The lowest BCUT2D eigenvalue weighted by atomic mass is 9.99. The average molecular weight is 280 g/mol. The number of hydrogen-bond donors (Lipinski definition) is 1. The Bertz CT molecular complexity index is 501. The predicted molar refractivity (Wildman–Crippen MR) is 70.6 cm³/mol. The van der Waals surface area contributed by atoms with Crippen LogP contribution in [0, 0.1) is 11.7 Å². The fourth-order valence-electron chi connectivity index (χ4n) is 1.96. The van der Waals surface area contributed by atoms with Crippen molar-refractivity contribution >= 4 is 11.8 Å². The minimum absolute atomic E-state index is 0.0356. The maximum absolute atomic E-state index is 13.3. The average Bonchev–Trinajstić information content (AvgIpc) is 2.36. The Labute approximate surface area is 116 Å². The molecule has 1 aliphatic rings. The maximum atomic E-state index is 13.3. The zero-order valence-corrected chi connectivity index (χ0v) is 11.3. The molecule has 0 saturated carbocycles. The van der Waals surface area contributed by atoms with E-state index in [-0.39, 0.29) is 30.1 Å². The van der Waals surface area contributed by atoms with Crippen LogP contribution in [0.25, 0.3) is 0 Å². The number of hydrogen-bond acceptors (Lipinski definition) is 3. The molecule has 0 bridgehead atoms. The lowest BCUT2D eigenvalue weighted by Gasteiger charge is -2.38. The van der Waals surface area contributed by atoms with Crippen molar-refractivity contribution in [2.75, 3.05) is 26.2 Å². The molecule has 5 nitrogen and oxygen atoms in total. The molecule has 1 saturated heterocycles. The predicted octanol–water partition coefficient (Wildman–Crippen LogP) is 0.799. The monoisotopic (exact) mass is 280 g/mol. The lowest BCUT2D eigenvalue weighted by Crippen LogP contribution is -2.56. The van der Waals surface area contributed by atoms with E-state index in [0.29, 0.717) is 19.6 Å². The third-order valence-electron chi connectivity index (χ3n) is 3.14. The number of nitrogens with zero attached hydrogens (tertiary/aromatic N) is 1. The highest BCUT2D eigenvalue weighted by atomic mass is 19.1. The van der Waals surface area contributed by atoms with Gasteiger partial charge in [-0.25, -0.2) is 4.39 Å². The molecule has 0 radical (unpaired) electrons. The van der Waals surface area contributed by atoms with Gasteiger partial charge < -0.3 is 15.0 Å². The number of benzene rings is 1. The Morgan fingerprint density at radius 1 is 1.40 bits per heavy atom. The van der Waals surface area contributed by atoms with Gasteiger partial charge in [0.15, 0.2) is 18.2 Å². The number of carbonyl (C=O) groups excluding carboxylic acids is 2. The van der Waals surface area contributed by atoms with Gasteiger partial charge in [-0.3, -0.25) is 9.59 Å². The first-order chi connectivity index (χ1) is 9.61. The van der Waals surface area contributed by atoms with E-state index >= 15 is 0 Å². The van der Waals surface area contributed by atoms with Crippen molar-refractivity contribution in [3.8, 4) is 5.75 Å². The molecular formula is C14H17FN2O3. The highest BCUT2D eigenvalue weighted by Crippen LogP contribution is 2.18. The van der Waals surface area contributed by atoms with Gasteiger partial charge in [0.1, 0.15) is 0 Å². The standard InChI is InChI=1S/C14H17FN2O3/c1-2-16-14(19)10-7-17(8-10)13(18)9-20-12-6-4-3-5-11(12)15/h3-6,10H,2,7-9H2,1H3,(H,16,19). The van der Waals surface area contributed by atoms with Crippen molar-refractivity contribution in [2.24, 2.45) is 5.92 Å². The number of rotatable bonds is 5. The molecule has 1 aromatic rings. The quantitative estimate of drug-likeness (QED) is 0.868. The molecule has 0 aromatic heterocycles. The van der Waals surface area contributed by atoms with E-state index in [4.69, 9.17) is 4.74 Å². The van der Waals surface area contributed by atoms with E-state index < -0.39 is 5.82 Å². The second-order valence-electron chi connectivity index (χ2n) is 4.61. The molecule has 1 aliphatic heterocycles. The van der Waals surface area contributed by atoms with Gasteiger partial charge >= 0.3 is 0 Å². The van der Waals surface area contributed by atoms with Crippen LogP contribution in [-0.4, -0.2) is 43.0 Å². The van der Waals surface area contributed by atoms with E-state index in [1.54, 1.807) is 12.1 Å². The molecule has 0 aliphatic carbocycles. The van der Waals surface area contributed by atoms with Gasteiger partial charge in [0, 0.05) is 19.6 Å². The number of para-hydroxylation sites is 1.